The molecule has 63 heavy (non-hydrogen) atoms. The first-order chi connectivity index (χ1) is 31.3. The predicted octanol–water partition coefficient (Wildman–Crippen LogP) is 16.5. The van der Waals surface area contributed by atoms with E-state index in [0.29, 0.717) is 0 Å². The minimum absolute atomic E-state index is 1.09. The first-order valence-electron chi connectivity index (χ1n) is 21.8. The first-order valence-corrected chi connectivity index (χ1v) is 21.8. The van der Waals surface area contributed by atoms with Gasteiger partial charge >= 0.3 is 0 Å². The van der Waals surface area contributed by atoms with Gasteiger partial charge in [-0.2, -0.15) is 0 Å². The second kappa shape index (κ2) is 13.1. The van der Waals surface area contributed by atoms with Crippen molar-refractivity contribution in [3.05, 3.63) is 224 Å². The number of nitrogens with zero attached hydrogens (tertiary/aromatic N) is 3. The van der Waals surface area contributed by atoms with Crippen molar-refractivity contribution < 1.29 is 0 Å². The number of rotatable bonds is 5. The molecule has 0 N–H and O–H groups in total. The van der Waals surface area contributed by atoms with Crippen molar-refractivity contribution in [3.63, 3.8) is 0 Å². The van der Waals surface area contributed by atoms with Crippen LogP contribution < -0.4 is 4.90 Å². The molecule has 3 heteroatoms. The lowest BCUT2D eigenvalue weighted by Gasteiger charge is -2.26. The fraction of sp³-hybridized carbons (Fsp3) is 0. The van der Waals surface area contributed by atoms with Crippen LogP contribution >= 0.6 is 0 Å². The summed E-state index contributed by atoms with van der Waals surface area (Å²) in [5.41, 5.74) is 13.0. The van der Waals surface area contributed by atoms with Crippen molar-refractivity contribution in [1.82, 2.24) is 8.97 Å². The number of anilines is 3. The highest BCUT2D eigenvalue weighted by atomic mass is 15.1. The van der Waals surface area contributed by atoms with E-state index in [1.54, 1.807) is 0 Å². The maximum absolute atomic E-state index is 2.47. The van der Waals surface area contributed by atoms with Crippen LogP contribution in [0.15, 0.2) is 224 Å². The zero-order valence-electron chi connectivity index (χ0n) is 34.2. The molecule has 292 valence electrons. The Morgan fingerprint density at radius 1 is 0.254 bits per heavy atom. The lowest BCUT2D eigenvalue weighted by atomic mass is 9.92. The van der Waals surface area contributed by atoms with E-state index >= 15 is 0 Å². The molecule has 14 rings (SSSR count). The van der Waals surface area contributed by atoms with E-state index in [-0.39, 0.29) is 0 Å². The summed E-state index contributed by atoms with van der Waals surface area (Å²) in [4.78, 5) is 2.41. The third-order valence-corrected chi connectivity index (χ3v) is 13.6. The molecule has 0 aliphatic rings. The summed E-state index contributed by atoms with van der Waals surface area (Å²) in [6.45, 7) is 0. The highest BCUT2D eigenvalue weighted by Crippen LogP contribution is 2.44. The van der Waals surface area contributed by atoms with Gasteiger partial charge in [-0.3, -0.25) is 0 Å². The maximum atomic E-state index is 2.47. The second-order valence-electron chi connectivity index (χ2n) is 16.9. The Kier molecular flexibility index (Phi) is 7.11. The normalized spacial score (nSPS) is 12.1. The molecule has 14 aromatic rings. The molecule has 0 saturated carbocycles. The summed E-state index contributed by atoms with van der Waals surface area (Å²) < 4.78 is 4.86. The van der Waals surface area contributed by atoms with Gasteiger partial charge < -0.3 is 13.9 Å². The Hall–Kier alpha value is -8.40. The lowest BCUT2D eigenvalue weighted by molar-refractivity contribution is 1.17. The molecule has 3 aromatic heterocycles. The number of benzene rings is 11. The standard InChI is InChI=1S/C60H37N3/c1-2-14-46-44(12-1)45-13-3-4-15-47(45)55-36-39(26-34-48(46)55)38-24-27-40(28-25-38)61(41-29-31-42(32-30-41)62-56-21-8-5-16-49(56)50-17-6-9-22-57(50)62)43-33-35-52-54-20-11-19-53-51-18-7-10-23-58(51)63(60(53)54)59(52)37-43/h1-37H. The lowest BCUT2D eigenvalue weighted by Crippen LogP contribution is -2.10. The van der Waals surface area contributed by atoms with Crippen LogP contribution in [-0.2, 0) is 0 Å². The van der Waals surface area contributed by atoms with Crippen molar-refractivity contribution in [2.24, 2.45) is 0 Å². The summed E-state index contributed by atoms with van der Waals surface area (Å²) >= 11 is 0. The number of hydrogen-bond acceptors (Lipinski definition) is 1. The van der Waals surface area contributed by atoms with Crippen molar-refractivity contribution in [1.29, 1.82) is 0 Å². The summed E-state index contributed by atoms with van der Waals surface area (Å²) in [5, 5.41) is 15.4. The number of hydrogen-bond donors (Lipinski definition) is 0. The molecule has 0 radical (unpaired) electrons. The van der Waals surface area contributed by atoms with Crippen LogP contribution in [0.1, 0.15) is 0 Å². The van der Waals surface area contributed by atoms with Gasteiger partial charge in [0.05, 0.1) is 27.6 Å². The molecule has 0 fully saturated rings. The molecule has 0 atom stereocenters. The van der Waals surface area contributed by atoms with Crippen LogP contribution in [0.3, 0.4) is 0 Å². The second-order valence-corrected chi connectivity index (χ2v) is 16.9. The summed E-state index contributed by atoms with van der Waals surface area (Å²) in [5.74, 6) is 0. The van der Waals surface area contributed by atoms with E-state index in [0.717, 1.165) is 22.7 Å². The maximum Gasteiger partial charge on any atom is 0.0620 e. The molecule has 0 aliphatic heterocycles. The molecular formula is C60H37N3. The van der Waals surface area contributed by atoms with Gasteiger partial charge in [-0.1, -0.05) is 152 Å². The molecule has 0 spiro atoms. The number of para-hydroxylation sites is 4. The van der Waals surface area contributed by atoms with Crippen molar-refractivity contribution in [2.45, 2.75) is 0 Å². The Balaban J connectivity index is 0.940. The van der Waals surface area contributed by atoms with E-state index < -0.39 is 0 Å². The first kappa shape index (κ1) is 34.3. The van der Waals surface area contributed by atoms with Crippen LogP contribution in [0.2, 0.25) is 0 Å². The minimum atomic E-state index is 1.09. The van der Waals surface area contributed by atoms with Gasteiger partial charge in [0, 0.05) is 55.1 Å². The van der Waals surface area contributed by atoms with Gasteiger partial charge in [-0.05, 0) is 116 Å². The highest BCUT2D eigenvalue weighted by molar-refractivity contribution is 6.26. The van der Waals surface area contributed by atoms with Crippen LogP contribution in [0.5, 0.6) is 0 Å². The Morgan fingerprint density at radius 3 is 1.27 bits per heavy atom. The average molecular weight is 800 g/mol. The van der Waals surface area contributed by atoms with E-state index in [2.05, 4.69) is 238 Å². The molecule has 0 bridgehead atoms. The Bertz CT molecular complexity index is 4040. The molecule has 0 amide bonds. The van der Waals surface area contributed by atoms with E-state index in [1.165, 1.54) is 103 Å². The van der Waals surface area contributed by atoms with Gasteiger partial charge in [0.25, 0.3) is 0 Å². The quantitative estimate of drug-likeness (QED) is 0.158. The third kappa shape index (κ3) is 4.90. The van der Waals surface area contributed by atoms with Crippen LogP contribution in [-0.4, -0.2) is 8.97 Å². The van der Waals surface area contributed by atoms with E-state index in [4.69, 9.17) is 0 Å². The molecule has 3 heterocycles. The van der Waals surface area contributed by atoms with E-state index in [9.17, 15) is 0 Å². The smallest absolute Gasteiger partial charge is 0.0620 e. The Labute approximate surface area is 362 Å². The van der Waals surface area contributed by atoms with E-state index in [1.807, 2.05) is 0 Å². The zero-order chi connectivity index (χ0) is 41.2. The largest absolute Gasteiger partial charge is 0.310 e. The zero-order valence-corrected chi connectivity index (χ0v) is 34.2. The SMILES string of the molecule is c1ccc2c(c1)c1ccccc1c1cc(-c3ccc(N(c4ccc(-n5c6ccccc6c6ccccc65)cc4)c4ccc5c6cccc7c8ccccc8n(c5c4)c76)cc3)ccc21. The molecule has 0 aliphatic carbocycles. The van der Waals surface area contributed by atoms with Crippen molar-refractivity contribution >= 4 is 109 Å². The number of aromatic nitrogens is 2. The van der Waals surface area contributed by atoms with Gasteiger partial charge in [0.2, 0.25) is 0 Å². The molecule has 0 saturated heterocycles. The monoisotopic (exact) mass is 799 g/mol. The molecule has 3 nitrogen and oxygen atoms in total. The number of fused-ring (bicyclic) bond motifs is 15. The summed E-state index contributed by atoms with van der Waals surface area (Å²) in [6, 6.07) is 82.7. The summed E-state index contributed by atoms with van der Waals surface area (Å²) in [6.07, 6.45) is 0. The van der Waals surface area contributed by atoms with Crippen LogP contribution in [0.4, 0.5) is 17.1 Å². The van der Waals surface area contributed by atoms with Crippen molar-refractivity contribution in [2.75, 3.05) is 4.90 Å². The van der Waals surface area contributed by atoms with Gasteiger partial charge in [0.1, 0.15) is 0 Å². The van der Waals surface area contributed by atoms with Crippen LogP contribution in [0.25, 0.3) is 109 Å². The fourth-order valence-electron chi connectivity index (χ4n) is 10.8. The summed E-state index contributed by atoms with van der Waals surface area (Å²) in [7, 11) is 0. The highest BCUT2D eigenvalue weighted by Gasteiger charge is 2.21. The fourth-order valence-corrected chi connectivity index (χ4v) is 10.8. The minimum Gasteiger partial charge on any atom is -0.310 e. The molecule has 11 aromatic carbocycles. The van der Waals surface area contributed by atoms with Gasteiger partial charge in [-0.25, -0.2) is 0 Å². The van der Waals surface area contributed by atoms with Crippen molar-refractivity contribution in [3.8, 4) is 16.8 Å². The third-order valence-electron chi connectivity index (χ3n) is 13.6. The van der Waals surface area contributed by atoms with Crippen LogP contribution in [0, 0.1) is 0 Å². The van der Waals surface area contributed by atoms with Gasteiger partial charge in [-0.15, -0.1) is 0 Å². The molecule has 0 unspecified atom stereocenters. The predicted molar refractivity (Wildman–Crippen MR) is 268 cm³/mol. The molecular weight excluding hydrogens is 763 g/mol. The van der Waals surface area contributed by atoms with Gasteiger partial charge in [0.15, 0.2) is 0 Å². The Morgan fingerprint density at radius 2 is 0.667 bits per heavy atom. The topological polar surface area (TPSA) is 12.6 Å². The average Bonchev–Trinajstić information content (AvgIpc) is 4.00.